The largest absolute Gasteiger partial charge is 0.372 e. The lowest BCUT2D eigenvalue weighted by Gasteiger charge is -2.49. The Morgan fingerprint density at radius 2 is 1.94 bits per heavy atom. The third-order valence-electron chi connectivity index (χ3n) is 5.05. The predicted octanol–water partition coefficient (Wildman–Crippen LogP) is 2.87. The lowest BCUT2D eigenvalue weighted by molar-refractivity contribution is -0.116. The molecule has 0 amide bonds. The maximum atomic E-state index is 6.31. The van der Waals surface area contributed by atoms with Crippen LogP contribution in [0, 0.1) is 5.92 Å². The minimum atomic E-state index is 0.228. The number of rotatable bonds is 0. The topological polar surface area (TPSA) is 21.3 Å². The van der Waals surface area contributed by atoms with Crippen LogP contribution in [0.2, 0.25) is 0 Å². The number of hydrogen-bond acceptors (Lipinski definition) is 2. The van der Waals surface area contributed by atoms with Gasteiger partial charge in [-0.1, -0.05) is 32.6 Å². The second-order valence-electron chi connectivity index (χ2n) is 6.51. The van der Waals surface area contributed by atoms with E-state index in [4.69, 9.17) is 4.74 Å². The second kappa shape index (κ2) is 3.99. The fourth-order valence-electron chi connectivity index (χ4n) is 4.03. The summed E-state index contributed by atoms with van der Waals surface area (Å²) in [6, 6.07) is 0. The van der Waals surface area contributed by atoms with Crippen molar-refractivity contribution >= 4 is 0 Å². The summed E-state index contributed by atoms with van der Waals surface area (Å²) in [7, 11) is 0. The standard InChI is InChI=1S/C14H25NO/c1-12-5-4-6-13(9-12)11-16-14(10-15-13)7-2-3-8-14/h12,15H,2-11H2,1H3. The number of nitrogens with one attached hydrogen (secondary N) is 1. The van der Waals surface area contributed by atoms with Crippen molar-refractivity contribution in [3.8, 4) is 0 Å². The van der Waals surface area contributed by atoms with Gasteiger partial charge in [-0.05, 0) is 31.6 Å². The van der Waals surface area contributed by atoms with Gasteiger partial charge in [0.2, 0.25) is 0 Å². The molecular weight excluding hydrogens is 198 g/mol. The molecule has 3 aliphatic rings. The first-order valence-corrected chi connectivity index (χ1v) is 7.11. The Bertz CT molecular complexity index is 247. The van der Waals surface area contributed by atoms with E-state index in [2.05, 4.69) is 12.2 Å². The molecule has 1 N–H and O–H groups in total. The summed E-state index contributed by atoms with van der Waals surface area (Å²) in [5, 5.41) is 3.87. The van der Waals surface area contributed by atoms with E-state index in [9.17, 15) is 0 Å². The van der Waals surface area contributed by atoms with E-state index in [1.807, 2.05) is 0 Å². The van der Waals surface area contributed by atoms with Gasteiger partial charge in [-0.3, -0.25) is 0 Å². The minimum absolute atomic E-state index is 0.228. The van der Waals surface area contributed by atoms with E-state index in [1.165, 1.54) is 51.4 Å². The molecule has 0 aromatic rings. The second-order valence-corrected chi connectivity index (χ2v) is 6.51. The molecular formula is C14H25NO. The van der Waals surface area contributed by atoms with Crippen LogP contribution in [-0.4, -0.2) is 24.3 Å². The zero-order valence-electron chi connectivity index (χ0n) is 10.6. The molecule has 0 bridgehead atoms. The van der Waals surface area contributed by atoms with Crippen LogP contribution in [0.4, 0.5) is 0 Å². The van der Waals surface area contributed by atoms with Gasteiger partial charge >= 0.3 is 0 Å². The van der Waals surface area contributed by atoms with Crippen molar-refractivity contribution in [2.45, 2.75) is 69.4 Å². The zero-order valence-corrected chi connectivity index (χ0v) is 10.6. The molecule has 2 nitrogen and oxygen atoms in total. The third kappa shape index (κ3) is 1.91. The average molecular weight is 223 g/mol. The summed E-state index contributed by atoms with van der Waals surface area (Å²) in [6.07, 6.45) is 10.7. The SMILES string of the molecule is CC1CCCC2(COC3(CCCC3)CN2)C1. The molecule has 16 heavy (non-hydrogen) atoms. The van der Waals surface area contributed by atoms with E-state index in [1.54, 1.807) is 0 Å². The fraction of sp³-hybridized carbons (Fsp3) is 1.00. The van der Waals surface area contributed by atoms with Crippen molar-refractivity contribution in [2.75, 3.05) is 13.2 Å². The maximum Gasteiger partial charge on any atom is 0.0807 e. The van der Waals surface area contributed by atoms with E-state index in [0.29, 0.717) is 5.54 Å². The third-order valence-corrected chi connectivity index (χ3v) is 5.05. The van der Waals surface area contributed by atoms with Gasteiger partial charge in [-0.2, -0.15) is 0 Å². The maximum absolute atomic E-state index is 6.31. The molecule has 92 valence electrons. The smallest absolute Gasteiger partial charge is 0.0807 e. The highest BCUT2D eigenvalue weighted by atomic mass is 16.5. The van der Waals surface area contributed by atoms with E-state index < -0.39 is 0 Å². The fourth-order valence-corrected chi connectivity index (χ4v) is 4.03. The molecule has 0 radical (unpaired) electrons. The Morgan fingerprint density at radius 3 is 2.56 bits per heavy atom. The molecule has 2 saturated carbocycles. The van der Waals surface area contributed by atoms with Gasteiger partial charge in [0.15, 0.2) is 0 Å². The van der Waals surface area contributed by atoms with E-state index in [-0.39, 0.29) is 5.60 Å². The highest BCUT2D eigenvalue weighted by Gasteiger charge is 2.45. The van der Waals surface area contributed by atoms with Crippen molar-refractivity contribution in [1.82, 2.24) is 5.32 Å². The molecule has 0 aromatic carbocycles. The van der Waals surface area contributed by atoms with Gasteiger partial charge in [0, 0.05) is 12.1 Å². The van der Waals surface area contributed by atoms with Crippen LogP contribution in [0.5, 0.6) is 0 Å². The summed E-state index contributed by atoms with van der Waals surface area (Å²) in [5.41, 5.74) is 0.567. The van der Waals surface area contributed by atoms with Crippen molar-refractivity contribution in [1.29, 1.82) is 0 Å². The van der Waals surface area contributed by atoms with E-state index in [0.717, 1.165) is 19.1 Å². The highest BCUT2D eigenvalue weighted by molar-refractivity contribution is 5.01. The molecule has 1 saturated heterocycles. The van der Waals surface area contributed by atoms with Gasteiger partial charge in [-0.25, -0.2) is 0 Å². The van der Waals surface area contributed by atoms with Crippen LogP contribution in [0.15, 0.2) is 0 Å². The molecule has 0 aromatic heterocycles. The minimum Gasteiger partial charge on any atom is -0.372 e. The number of morpholine rings is 1. The molecule has 2 unspecified atom stereocenters. The molecule has 3 fully saturated rings. The predicted molar refractivity (Wildman–Crippen MR) is 65.5 cm³/mol. The Kier molecular flexibility index (Phi) is 2.75. The van der Waals surface area contributed by atoms with Gasteiger partial charge in [0.1, 0.15) is 0 Å². The van der Waals surface area contributed by atoms with Crippen LogP contribution >= 0.6 is 0 Å². The molecule has 2 heteroatoms. The molecule has 1 heterocycles. The Balaban J connectivity index is 1.64. The summed E-state index contributed by atoms with van der Waals surface area (Å²) in [4.78, 5) is 0. The normalized spacial score (nSPS) is 42.9. The summed E-state index contributed by atoms with van der Waals surface area (Å²) in [6.45, 7) is 4.47. The summed E-state index contributed by atoms with van der Waals surface area (Å²) < 4.78 is 6.31. The molecule has 1 aliphatic heterocycles. The first-order valence-electron chi connectivity index (χ1n) is 7.11. The van der Waals surface area contributed by atoms with Crippen LogP contribution in [-0.2, 0) is 4.74 Å². The van der Waals surface area contributed by atoms with Gasteiger partial charge in [0.25, 0.3) is 0 Å². The van der Waals surface area contributed by atoms with Crippen molar-refractivity contribution < 1.29 is 4.74 Å². The zero-order chi connectivity index (χ0) is 11.1. The van der Waals surface area contributed by atoms with Crippen molar-refractivity contribution in [2.24, 2.45) is 5.92 Å². The van der Waals surface area contributed by atoms with Crippen LogP contribution in [0.25, 0.3) is 0 Å². The lowest BCUT2D eigenvalue weighted by Crippen LogP contribution is -2.62. The molecule has 2 spiro atoms. The van der Waals surface area contributed by atoms with Crippen LogP contribution in [0.1, 0.15) is 58.3 Å². The number of hydrogen-bond donors (Lipinski definition) is 1. The van der Waals surface area contributed by atoms with Crippen LogP contribution < -0.4 is 5.32 Å². The number of ether oxygens (including phenoxy) is 1. The Morgan fingerprint density at radius 1 is 1.12 bits per heavy atom. The Hall–Kier alpha value is -0.0800. The van der Waals surface area contributed by atoms with Gasteiger partial charge < -0.3 is 10.1 Å². The highest BCUT2D eigenvalue weighted by Crippen LogP contribution is 2.41. The molecule has 3 rings (SSSR count). The summed E-state index contributed by atoms with van der Waals surface area (Å²) in [5.74, 6) is 0.877. The van der Waals surface area contributed by atoms with Crippen molar-refractivity contribution in [3.05, 3.63) is 0 Å². The first-order chi connectivity index (χ1) is 7.72. The van der Waals surface area contributed by atoms with Crippen molar-refractivity contribution in [3.63, 3.8) is 0 Å². The monoisotopic (exact) mass is 223 g/mol. The quantitative estimate of drug-likeness (QED) is 0.682. The Labute approximate surface area is 99.1 Å². The van der Waals surface area contributed by atoms with Crippen LogP contribution in [0.3, 0.4) is 0 Å². The average Bonchev–Trinajstić information content (AvgIpc) is 2.73. The van der Waals surface area contributed by atoms with Gasteiger partial charge in [-0.15, -0.1) is 0 Å². The van der Waals surface area contributed by atoms with E-state index >= 15 is 0 Å². The molecule has 2 aliphatic carbocycles. The molecule has 2 atom stereocenters. The van der Waals surface area contributed by atoms with Gasteiger partial charge in [0.05, 0.1) is 12.2 Å². The first kappa shape index (κ1) is 11.0. The summed E-state index contributed by atoms with van der Waals surface area (Å²) >= 11 is 0. The lowest BCUT2D eigenvalue weighted by atomic mass is 9.75.